The molecule has 88 valence electrons. The van der Waals surface area contributed by atoms with E-state index in [4.69, 9.17) is 4.42 Å². The monoisotopic (exact) mass is 236 g/mol. The summed E-state index contributed by atoms with van der Waals surface area (Å²) < 4.78 is 5.79. The Morgan fingerprint density at radius 1 is 1.00 bits per heavy atom. The summed E-state index contributed by atoms with van der Waals surface area (Å²) in [5.74, 6) is 0.855. The van der Waals surface area contributed by atoms with Crippen LogP contribution in [0.4, 0.5) is 0 Å². The van der Waals surface area contributed by atoms with Crippen molar-refractivity contribution in [2.24, 2.45) is 0 Å². The average Bonchev–Trinajstić information content (AvgIpc) is 2.82. The molecule has 2 aromatic carbocycles. The minimum atomic E-state index is -0.435. The molecule has 3 aromatic rings. The molecule has 0 fully saturated rings. The lowest BCUT2D eigenvalue weighted by atomic mass is 9.64. The Morgan fingerprint density at radius 3 is 2.39 bits per heavy atom. The van der Waals surface area contributed by atoms with Crippen molar-refractivity contribution in [3.05, 3.63) is 54.6 Å². The highest BCUT2D eigenvalue weighted by atomic mass is 16.3. The zero-order chi connectivity index (χ0) is 12.5. The molecule has 1 aromatic heterocycles. The molecule has 0 atom stereocenters. The Hall–Kier alpha value is -2.00. The van der Waals surface area contributed by atoms with Crippen LogP contribution in [0.25, 0.3) is 22.3 Å². The molecule has 0 spiro atoms. The number of para-hydroxylation sites is 1. The number of furan rings is 1. The molecular weight excluding hydrogens is 223 g/mol. The van der Waals surface area contributed by atoms with Crippen LogP contribution in [0.15, 0.2) is 59.0 Å². The number of rotatable bonds is 2. The third-order valence-electron chi connectivity index (χ3n) is 3.10. The molecule has 0 bridgehead atoms. The molecule has 0 unspecified atom stereocenters. The predicted octanol–water partition coefficient (Wildman–Crippen LogP) is 2.92. The molecule has 3 heteroatoms. The van der Waals surface area contributed by atoms with Crippen molar-refractivity contribution in [1.29, 1.82) is 0 Å². The van der Waals surface area contributed by atoms with Crippen molar-refractivity contribution in [2.75, 3.05) is 0 Å². The summed E-state index contributed by atoms with van der Waals surface area (Å²) in [7, 11) is 0. The fourth-order valence-corrected chi connectivity index (χ4v) is 2.05. The largest absolute Gasteiger partial charge is 0.456 e. The second kappa shape index (κ2) is 4.35. The Labute approximate surface area is 106 Å². The third kappa shape index (κ3) is 1.93. The number of fused-ring (bicyclic) bond motifs is 1. The first-order valence-electron chi connectivity index (χ1n) is 6.01. The molecule has 1 N–H and O–H groups in total. The molecule has 0 aliphatic carbocycles. The van der Waals surface area contributed by atoms with Gasteiger partial charge in [0.15, 0.2) is 0 Å². The van der Waals surface area contributed by atoms with Crippen LogP contribution in [-0.2, 0) is 0 Å². The standard InChI is InChI=1S/C15H13BO2/c1-16(17)13-8-6-11(7-9-13)15-10-12-4-2-3-5-14(12)18-15/h2-10,17H,1H3. The Morgan fingerprint density at radius 2 is 1.72 bits per heavy atom. The van der Waals surface area contributed by atoms with Crippen molar-refractivity contribution in [1.82, 2.24) is 0 Å². The van der Waals surface area contributed by atoms with Gasteiger partial charge in [-0.25, -0.2) is 0 Å². The molecule has 3 rings (SSSR count). The summed E-state index contributed by atoms with van der Waals surface area (Å²) in [6, 6.07) is 17.8. The zero-order valence-electron chi connectivity index (χ0n) is 10.1. The van der Waals surface area contributed by atoms with Crippen molar-refractivity contribution in [2.45, 2.75) is 6.82 Å². The Bertz CT molecular complexity index is 635. The van der Waals surface area contributed by atoms with E-state index in [0.29, 0.717) is 0 Å². The fourth-order valence-electron chi connectivity index (χ4n) is 2.05. The smallest absolute Gasteiger partial charge is 0.320 e. The van der Waals surface area contributed by atoms with Gasteiger partial charge in [0.1, 0.15) is 11.3 Å². The quantitative estimate of drug-likeness (QED) is 0.694. The van der Waals surface area contributed by atoms with Gasteiger partial charge in [0.05, 0.1) is 0 Å². The van der Waals surface area contributed by atoms with Crippen LogP contribution in [0.1, 0.15) is 0 Å². The van der Waals surface area contributed by atoms with E-state index in [-0.39, 0.29) is 0 Å². The van der Waals surface area contributed by atoms with Gasteiger partial charge >= 0.3 is 6.92 Å². The molecule has 0 aliphatic rings. The molecule has 0 radical (unpaired) electrons. The van der Waals surface area contributed by atoms with Crippen LogP contribution in [-0.4, -0.2) is 11.9 Å². The second-order valence-corrected chi connectivity index (χ2v) is 4.45. The summed E-state index contributed by atoms with van der Waals surface area (Å²) in [5.41, 5.74) is 2.83. The summed E-state index contributed by atoms with van der Waals surface area (Å²) in [6.07, 6.45) is 0. The van der Waals surface area contributed by atoms with E-state index in [1.807, 2.05) is 54.6 Å². The minimum absolute atomic E-state index is 0.435. The van der Waals surface area contributed by atoms with Crippen molar-refractivity contribution < 1.29 is 9.44 Å². The lowest BCUT2D eigenvalue weighted by Crippen LogP contribution is -2.25. The van der Waals surface area contributed by atoms with Gasteiger partial charge in [0.25, 0.3) is 0 Å². The maximum atomic E-state index is 9.48. The predicted molar refractivity (Wildman–Crippen MR) is 75.1 cm³/mol. The Kier molecular flexibility index (Phi) is 2.69. The highest BCUT2D eigenvalue weighted by molar-refractivity contribution is 6.64. The summed E-state index contributed by atoms with van der Waals surface area (Å²) >= 11 is 0. The highest BCUT2D eigenvalue weighted by Gasteiger charge is 2.08. The summed E-state index contributed by atoms with van der Waals surface area (Å²) in [5, 5.41) is 10.6. The summed E-state index contributed by atoms with van der Waals surface area (Å²) in [6.45, 7) is 1.32. The van der Waals surface area contributed by atoms with E-state index in [9.17, 15) is 5.02 Å². The first-order chi connectivity index (χ1) is 8.74. The minimum Gasteiger partial charge on any atom is -0.456 e. The molecule has 0 aliphatic heterocycles. The topological polar surface area (TPSA) is 33.4 Å². The van der Waals surface area contributed by atoms with Crippen LogP contribution >= 0.6 is 0 Å². The maximum absolute atomic E-state index is 9.48. The molecule has 2 nitrogen and oxygen atoms in total. The SMILES string of the molecule is CB(O)c1ccc(-c2cc3ccccc3o2)cc1. The van der Waals surface area contributed by atoms with Gasteiger partial charge < -0.3 is 9.44 Å². The van der Waals surface area contributed by atoms with Crippen LogP contribution in [0.3, 0.4) is 0 Å². The lowest BCUT2D eigenvalue weighted by molar-refractivity contribution is 0.594. The number of hydrogen-bond donors (Lipinski definition) is 1. The van der Waals surface area contributed by atoms with Gasteiger partial charge in [0, 0.05) is 10.9 Å². The van der Waals surface area contributed by atoms with Crippen LogP contribution in [0.5, 0.6) is 0 Å². The van der Waals surface area contributed by atoms with Crippen LogP contribution < -0.4 is 5.46 Å². The zero-order valence-corrected chi connectivity index (χ0v) is 10.1. The van der Waals surface area contributed by atoms with E-state index in [0.717, 1.165) is 27.8 Å². The molecule has 1 heterocycles. The Balaban J connectivity index is 2.03. The number of hydrogen-bond acceptors (Lipinski definition) is 2. The first kappa shape index (κ1) is 11.1. The van der Waals surface area contributed by atoms with E-state index < -0.39 is 6.92 Å². The highest BCUT2D eigenvalue weighted by Crippen LogP contribution is 2.26. The van der Waals surface area contributed by atoms with Crippen LogP contribution in [0.2, 0.25) is 6.82 Å². The molecule has 0 saturated heterocycles. The van der Waals surface area contributed by atoms with Gasteiger partial charge in [-0.05, 0) is 17.6 Å². The molecule has 18 heavy (non-hydrogen) atoms. The number of benzene rings is 2. The van der Waals surface area contributed by atoms with Gasteiger partial charge in [0.2, 0.25) is 0 Å². The lowest BCUT2D eigenvalue weighted by Gasteiger charge is -2.01. The van der Waals surface area contributed by atoms with E-state index in [2.05, 4.69) is 0 Å². The van der Waals surface area contributed by atoms with E-state index >= 15 is 0 Å². The van der Waals surface area contributed by atoms with Gasteiger partial charge in [-0.15, -0.1) is 0 Å². The summed E-state index contributed by atoms with van der Waals surface area (Å²) in [4.78, 5) is 0. The van der Waals surface area contributed by atoms with Gasteiger partial charge in [-0.3, -0.25) is 0 Å². The second-order valence-electron chi connectivity index (χ2n) is 4.45. The third-order valence-corrected chi connectivity index (χ3v) is 3.10. The van der Waals surface area contributed by atoms with Gasteiger partial charge in [-0.2, -0.15) is 0 Å². The van der Waals surface area contributed by atoms with Crippen LogP contribution in [0, 0.1) is 0 Å². The molecule has 0 saturated carbocycles. The molecule has 0 amide bonds. The van der Waals surface area contributed by atoms with E-state index in [1.165, 1.54) is 0 Å². The normalized spacial score (nSPS) is 10.8. The van der Waals surface area contributed by atoms with Crippen molar-refractivity contribution in [3.63, 3.8) is 0 Å². The fraction of sp³-hybridized carbons (Fsp3) is 0.0667. The first-order valence-corrected chi connectivity index (χ1v) is 6.01. The van der Waals surface area contributed by atoms with Gasteiger partial charge in [-0.1, -0.05) is 49.3 Å². The van der Waals surface area contributed by atoms with E-state index in [1.54, 1.807) is 6.82 Å². The maximum Gasteiger partial charge on any atom is 0.320 e. The van der Waals surface area contributed by atoms with Crippen molar-refractivity contribution in [3.8, 4) is 11.3 Å². The molecular formula is C15H13BO2. The van der Waals surface area contributed by atoms with Crippen molar-refractivity contribution >= 4 is 23.3 Å². The average molecular weight is 236 g/mol.